The Balaban J connectivity index is 0.691. The second-order valence-electron chi connectivity index (χ2n) is 21.9. The van der Waals surface area contributed by atoms with Crippen molar-refractivity contribution in [3.63, 3.8) is 0 Å². The SMILES string of the molecule is c1ccc(-c2ccc(-c3nc(-c4ccc(-n5c6ccccc6c6ccc(-c7nnc(-c8ccc9c%10ccccc%10n(-c%10ccc(-c%11nc(-c%12ccc(-c%13ccccc%13)cc%12)c%12ccccc%12n%11)cc%10)c9c8)s7)cc65)cc4)nc4ccccc34)cc2)cc1. The Hall–Kier alpha value is -11.5. The van der Waals surface area contributed by atoms with E-state index in [9.17, 15) is 0 Å². The molecule has 0 aliphatic rings. The molecule has 0 fully saturated rings. The summed E-state index contributed by atoms with van der Waals surface area (Å²) < 4.78 is 4.69. The highest BCUT2D eigenvalue weighted by atomic mass is 32.1. The third-order valence-electron chi connectivity index (χ3n) is 16.8. The average Bonchev–Trinajstić information content (AvgIpc) is 2.07. The van der Waals surface area contributed by atoms with Gasteiger partial charge in [-0.25, -0.2) is 19.9 Å². The molecule has 8 nitrogen and oxygen atoms in total. The van der Waals surface area contributed by atoms with Crippen molar-refractivity contribution in [3.8, 4) is 100 Å². The summed E-state index contributed by atoms with van der Waals surface area (Å²) in [5.74, 6) is 1.36. The van der Waals surface area contributed by atoms with Gasteiger partial charge in [0.15, 0.2) is 11.6 Å². The third-order valence-corrected chi connectivity index (χ3v) is 17.8. The summed E-state index contributed by atoms with van der Waals surface area (Å²) in [6.07, 6.45) is 0. The zero-order valence-corrected chi connectivity index (χ0v) is 47.5. The Kier molecular flexibility index (Phi) is 11.9. The smallest absolute Gasteiger partial charge is 0.160 e. The molecule has 5 aromatic heterocycles. The van der Waals surface area contributed by atoms with Crippen molar-refractivity contribution in [2.45, 2.75) is 0 Å². The summed E-state index contributed by atoms with van der Waals surface area (Å²) in [5, 5.41) is 18.1. The van der Waals surface area contributed by atoms with E-state index < -0.39 is 0 Å². The molecule has 0 spiro atoms. The number of hydrogen-bond donors (Lipinski definition) is 0. The molecule has 5 heterocycles. The first-order chi connectivity index (χ1) is 43.1. The molecule has 0 amide bonds. The van der Waals surface area contributed by atoms with Gasteiger partial charge in [-0.05, 0) is 107 Å². The van der Waals surface area contributed by atoms with Crippen LogP contribution in [-0.4, -0.2) is 39.3 Å². The number of nitrogens with zero attached hydrogens (tertiary/aromatic N) is 8. The highest BCUT2D eigenvalue weighted by Crippen LogP contribution is 2.41. The molecule has 0 N–H and O–H groups in total. The van der Waals surface area contributed by atoms with E-state index >= 15 is 0 Å². The fourth-order valence-corrected chi connectivity index (χ4v) is 13.3. The largest absolute Gasteiger partial charge is 0.309 e. The van der Waals surface area contributed by atoms with Gasteiger partial charge in [0, 0.05) is 77.1 Å². The first-order valence-electron chi connectivity index (χ1n) is 29.1. The van der Waals surface area contributed by atoms with Gasteiger partial charge in [0.05, 0.1) is 44.5 Å². The fraction of sp³-hybridized carbons (Fsp3) is 0. The van der Waals surface area contributed by atoms with Gasteiger partial charge < -0.3 is 9.13 Å². The van der Waals surface area contributed by atoms with E-state index in [0.29, 0.717) is 11.6 Å². The third kappa shape index (κ3) is 8.75. The first-order valence-corrected chi connectivity index (χ1v) is 29.9. The Morgan fingerprint density at radius 3 is 0.977 bits per heavy atom. The van der Waals surface area contributed by atoms with Crippen molar-refractivity contribution in [1.82, 2.24) is 39.3 Å². The molecule has 406 valence electrons. The van der Waals surface area contributed by atoms with Crippen molar-refractivity contribution >= 4 is 76.8 Å². The van der Waals surface area contributed by atoms with Crippen LogP contribution in [-0.2, 0) is 0 Å². The quantitative estimate of drug-likeness (QED) is 0.136. The van der Waals surface area contributed by atoms with Crippen LogP contribution in [0.25, 0.3) is 165 Å². The van der Waals surface area contributed by atoms with Crippen molar-refractivity contribution in [1.29, 1.82) is 0 Å². The number of benzene rings is 12. The van der Waals surface area contributed by atoms with Gasteiger partial charge in [0.25, 0.3) is 0 Å². The highest BCUT2D eigenvalue weighted by molar-refractivity contribution is 7.18. The maximum Gasteiger partial charge on any atom is 0.160 e. The summed E-state index contributed by atoms with van der Waals surface area (Å²) in [6.45, 7) is 0. The van der Waals surface area contributed by atoms with Crippen LogP contribution in [0.1, 0.15) is 0 Å². The summed E-state index contributed by atoms with van der Waals surface area (Å²) in [7, 11) is 0. The summed E-state index contributed by atoms with van der Waals surface area (Å²) in [6, 6.07) is 103. The summed E-state index contributed by atoms with van der Waals surface area (Å²) in [5.41, 5.74) is 20.8. The monoisotopic (exact) mass is 1130 g/mol. The molecule has 9 heteroatoms. The second-order valence-corrected chi connectivity index (χ2v) is 22.9. The number of para-hydroxylation sites is 4. The average molecular weight is 1130 g/mol. The van der Waals surface area contributed by atoms with Crippen molar-refractivity contribution in [2.24, 2.45) is 0 Å². The van der Waals surface area contributed by atoms with E-state index in [1.807, 2.05) is 24.3 Å². The molecule has 0 saturated carbocycles. The maximum atomic E-state index is 5.25. The van der Waals surface area contributed by atoms with E-state index in [1.165, 1.54) is 33.0 Å². The molecule has 0 radical (unpaired) electrons. The predicted molar refractivity (Wildman–Crippen MR) is 358 cm³/mol. The van der Waals surface area contributed by atoms with Gasteiger partial charge in [-0.3, -0.25) is 0 Å². The number of fused-ring (bicyclic) bond motifs is 8. The first kappa shape index (κ1) is 50.0. The van der Waals surface area contributed by atoms with E-state index in [0.717, 1.165) is 121 Å². The minimum absolute atomic E-state index is 0.679. The zero-order chi connectivity index (χ0) is 57.4. The topological polar surface area (TPSA) is 87.2 Å². The van der Waals surface area contributed by atoms with Crippen LogP contribution in [0.4, 0.5) is 0 Å². The molecule has 0 unspecified atom stereocenters. The van der Waals surface area contributed by atoms with E-state index in [2.05, 4.69) is 276 Å². The molecular weight excluding hydrogens is 1080 g/mol. The van der Waals surface area contributed by atoms with Crippen LogP contribution in [0.15, 0.2) is 291 Å². The molecule has 17 rings (SSSR count). The van der Waals surface area contributed by atoms with Crippen molar-refractivity contribution in [2.75, 3.05) is 0 Å². The van der Waals surface area contributed by atoms with Crippen LogP contribution < -0.4 is 0 Å². The Morgan fingerprint density at radius 1 is 0.230 bits per heavy atom. The lowest BCUT2D eigenvalue weighted by atomic mass is 10.0. The minimum atomic E-state index is 0.679. The molecule has 0 bridgehead atoms. The standard InChI is InChI=1S/C78H48N8S/c1-3-15-49(16-4-1)51-27-31-53(32-28-51)73-65-21-7-11-23-67(65)79-75(81-73)55-35-41-59(42-36-55)85-69-25-13-9-19-61(69)63-45-39-57(47-71(63)85)77-83-84-78(87-77)58-40-46-64-62-20-10-14-26-70(62)86(72(64)48-58)60-43-37-56(38-44-60)76-80-68-24-12-8-22-66(68)74(82-76)54-33-29-52(30-34-54)50-17-5-2-6-18-50/h1-48H. The van der Waals surface area contributed by atoms with Crippen LogP contribution >= 0.6 is 11.3 Å². The number of aromatic nitrogens is 8. The van der Waals surface area contributed by atoms with Crippen molar-refractivity contribution < 1.29 is 0 Å². The lowest BCUT2D eigenvalue weighted by Crippen LogP contribution is -1.97. The molecule has 12 aromatic carbocycles. The van der Waals surface area contributed by atoms with Gasteiger partial charge >= 0.3 is 0 Å². The Bertz CT molecular complexity index is 5140. The molecule has 0 aliphatic heterocycles. The number of rotatable bonds is 10. The lowest BCUT2D eigenvalue weighted by Gasteiger charge is -2.12. The van der Waals surface area contributed by atoms with Gasteiger partial charge in [-0.15, -0.1) is 10.2 Å². The molecule has 0 aliphatic carbocycles. The van der Waals surface area contributed by atoms with E-state index in [4.69, 9.17) is 30.1 Å². The van der Waals surface area contributed by atoms with Crippen molar-refractivity contribution in [3.05, 3.63) is 291 Å². The molecule has 0 atom stereocenters. The molecule has 87 heavy (non-hydrogen) atoms. The van der Waals surface area contributed by atoms with Gasteiger partial charge in [-0.1, -0.05) is 218 Å². The molecular formula is C78H48N8S. The molecule has 0 saturated heterocycles. The highest BCUT2D eigenvalue weighted by Gasteiger charge is 2.20. The van der Waals surface area contributed by atoms with E-state index in [1.54, 1.807) is 11.3 Å². The summed E-state index contributed by atoms with van der Waals surface area (Å²) in [4.78, 5) is 20.7. The van der Waals surface area contributed by atoms with Crippen LogP contribution in [0.5, 0.6) is 0 Å². The van der Waals surface area contributed by atoms with Crippen LogP contribution in [0.2, 0.25) is 0 Å². The Labute approximate surface area is 504 Å². The van der Waals surface area contributed by atoms with Gasteiger partial charge in [0.2, 0.25) is 0 Å². The summed E-state index contributed by atoms with van der Waals surface area (Å²) >= 11 is 1.60. The second kappa shape index (κ2) is 20.7. The fourth-order valence-electron chi connectivity index (χ4n) is 12.5. The zero-order valence-electron chi connectivity index (χ0n) is 46.7. The Morgan fingerprint density at radius 2 is 0.552 bits per heavy atom. The maximum absolute atomic E-state index is 5.25. The van der Waals surface area contributed by atoms with Crippen LogP contribution in [0.3, 0.4) is 0 Å². The number of hydrogen-bond acceptors (Lipinski definition) is 7. The van der Waals surface area contributed by atoms with Gasteiger partial charge in [0.1, 0.15) is 10.0 Å². The van der Waals surface area contributed by atoms with Gasteiger partial charge in [-0.2, -0.15) is 0 Å². The van der Waals surface area contributed by atoms with Crippen LogP contribution in [0, 0.1) is 0 Å². The minimum Gasteiger partial charge on any atom is -0.309 e. The van der Waals surface area contributed by atoms with E-state index in [-0.39, 0.29) is 0 Å². The normalized spacial score (nSPS) is 11.7. The predicted octanol–water partition coefficient (Wildman–Crippen LogP) is 20.0. The lowest BCUT2D eigenvalue weighted by molar-refractivity contribution is 1.10. The molecule has 17 aromatic rings.